The van der Waals surface area contributed by atoms with Crippen LogP contribution in [0.15, 0.2) is 52.2 Å². The first kappa shape index (κ1) is 18.1. The zero-order chi connectivity index (χ0) is 19.8. The maximum Gasteiger partial charge on any atom is 0.330 e. The first-order valence-corrected chi connectivity index (χ1v) is 8.95. The first-order chi connectivity index (χ1) is 13.5. The van der Waals surface area contributed by atoms with Crippen molar-refractivity contribution in [2.24, 2.45) is 0 Å². The zero-order valence-corrected chi connectivity index (χ0v) is 15.6. The lowest BCUT2D eigenvalue weighted by molar-refractivity contribution is 0.626. The van der Waals surface area contributed by atoms with Crippen LogP contribution in [0.2, 0.25) is 5.15 Å². The SMILES string of the molecule is CCn1c(=O)[nH]c(=O)c2c1nc(-c1ccc(Cl)nc1)n2Cc1ccc(F)cc1. The van der Waals surface area contributed by atoms with E-state index in [0.29, 0.717) is 23.1 Å². The second-order valence-corrected chi connectivity index (χ2v) is 6.58. The van der Waals surface area contributed by atoms with E-state index in [-0.39, 0.29) is 23.5 Å². The number of pyridine rings is 1. The van der Waals surface area contributed by atoms with Gasteiger partial charge in [0, 0.05) is 24.8 Å². The highest BCUT2D eigenvalue weighted by atomic mass is 35.5. The normalized spacial score (nSPS) is 11.2. The standard InChI is InChI=1S/C19H15ClFN5O2/c1-2-25-17-15(18(27)24-19(25)28)26(10-11-3-6-13(21)7-4-11)16(23-17)12-5-8-14(20)22-9-12/h3-9H,2,10H2,1H3,(H,24,27,28). The lowest BCUT2D eigenvalue weighted by atomic mass is 10.2. The van der Waals surface area contributed by atoms with Crippen molar-refractivity contribution in [1.82, 2.24) is 24.1 Å². The number of nitrogens with zero attached hydrogens (tertiary/aromatic N) is 4. The van der Waals surface area contributed by atoms with Crippen LogP contribution in [-0.2, 0) is 13.1 Å². The molecule has 0 saturated heterocycles. The number of fused-ring (bicyclic) bond motifs is 1. The Labute approximate surface area is 163 Å². The van der Waals surface area contributed by atoms with Crippen LogP contribution in [0.4, 0.5) is 4.39 Å². The fraction of sp³-hybridized carbons (Fsp3) is 0.158. The van der Waals surface area contributed by atoms with E-state index in [1.807, 2.05) is 0 Å². The van der Waals surface area contributed by atoms with Gasteiger partial charge in [0.15, 0.2) is 11.2 Å². The van der Waals surface area contributed by atoms with Crippen molar-refractivity contribution in [2.75, 3.05) is 0 Å². The molecule has 1 N–H and O–H groups in total. The number of aryl methyl sites for hydroxylation is 1. The van der Waals surface area contributed by atoms with Crippen LogP contribution in [0, 0.1) is 5.82 Å². The number of hydrogen-bond acceptors (Lipinski definition) is 4. The summed E-state index contributed by atoms with van der Waals surface area (Å²) in [6.45, 7) is 2.40. The summed E-state index contributed by atoms with van der Waals surface area (Å²) in [5, 5.41) is 0.327. The van der Waals surface area contributed by atoms with Crippen LogP contribution in [0.5, 0.6) is 0 Å². The van der Waals surface area contributed by atoms with Crippen molar-refractivity contribution in [3.05, 3.63) is 80.0 Å². The molecular weight excluding hydrogens is 385 g/mol. The maximum absolute atomic E-state index is 13.3. The van der Waals surface area contributed by atoms with E-state index in [1.54, 1.807) is 42.0 Å². The summed E-state index contributed by atoms with van der Waals surface area (Å²) in [6.07, 6.45) is 1.55. The van der Waals surface area contributed by atoms with Gasteiger partial charge in [0.1, 0.15) is 16.8 Å². The number of rotatable bonds is 4. The van der Waals surface area contributed by atoms with Gasteiger partial charge in [-0.25, -0.2) is 19.2 Å². The Hall–Kier alpha value is -3.26. The van der Waals surface area contributed by atoms with Crippen LogP contribution < -0.4 is 11.2 Å². The molecule has 0 spiro atoms. The monoisotopic (exact) mass is 399 g/mol. The van der Waals surface area contributed by atoms with Crippen molar-refractivity contribution < 1.29 is 4.39 Å². The summed E-state index contributed by atoms with van der Waals surface area (Å²) in [7, 11) is 0. The van der Waals surface area contributed by atoms with Crippen molar-refractivity contribution in [1.29, 1.82) is 0 Å². The molecule has 0 unspecified atom stereocenters. The number of H-pyrrole nitrogens is 1. The second kappa shape index (κ2) is 7.05. The van der Waals surface area contributed by atoms with Crippen molar-refractivity contribution in [2.45, 2.75) is 20.0 Å². The van der Waals surface area contributed by atoms with Gasteiger partial charge >= 0.3 is 5.69 Å². The summed E-state index contributed by atoms with van der Waals surface area (Å²) < 4.78 is 16.4. The first-order valence-electron chi connectivity index (χ1n) is 8.57. The van der Waals surface area contributed by atoms with Crippen LogP contribution in [0.25, 0.3) is 22.6 Å². The molecule has 4 rings (SSSR count). The van der Waals surface area contributed by atoms with E-state index < -0.39 is 11.2 Å². The largest absolute Gasteiger partial charge is 0.330 e. The molecule has 7 nitrogen and oxygen atoms in total. The molecule has 0 fully saturated rings. The minimum atomic E-state index is -0.535. The average molecular weight is 400 g/mol. The lowest BCUT2D eigenvalue weighted by Crippen LogP contribution is -2.30. The van der Waals surface area contributed by atoms with E-state index >= 15 is 0 Å². The van der Waals surface area contributed by atoms with Gasteiger partial charge in [-0.15, -0.1) is 0 Å². The van der Waals surface area contributed by atoms with Crippen molar-refractivity contribution in [3.63, 3.8) is 0 Å². The van der Waals surface area contributed by atoms with Gasteiger partial charge in [-0.05, 0) is 36.8 Å². The predicted octanol–water partition coefficient (Wildman–Crippen LogP) is 2.81. The minimum absolute atomic E-state index is 0.260. The average Bonchev–Trinajstić information content (AvgIpc) is 3.04. The number of hydrogen-bond donors (Lipinski definition) is 1. The molecule has 0 aliphatic carbocycles. The Kier molecular flexibility index (Phi) is 4.56. The molecule has 3 aromatic heterocycles. The molecule has 0 atom stereocenters. The Morgan fingerprint density at radius 2 is 1.86 bits per heavy atom. The van der Waals surface area contributed by atoms with Crippen LogP contribution in [0.3, 0.4) is 0 Å². The molecule has 0 bridgehead atoms. The molecule has 0 radical (unpaired) electrons. The van der Waals surface area contributed by atoms with Gasteiger partial charge in [0.2, 0.25) is 0 Å². The number of imidazole rings is 1. The Morgan fingerprint density at radius 3 is 2.50 bits per heavy atom. The van der Waals surface area contributed by atoms with Gasteiger partial charge < -0.3 is 4.57 Å². The number of halogens is 2. The second-order valence-electron chi connectivity index (χ2n) is 6.19. The predicted molar refractivity (Wildman–Crippen MR) is 104 cm³/mol. The van der Waals surface area contributed by atoms with Gasteiger partial charge in [-0.2, -0.15) is 0 Å². The third-order valence-electron chi connectivity index (χ3n) is 4.44. The Morgan fingerprint density at radius 1 is 1.11 bits per heavy atom. The molecule has 9 heteroatoms. The van der Waals surface area contributed by atoms with Gasteiger partial charge in [0.05, 0.1) is 0 Å². The maximum atomic E-state index is 13.3. The number of aromatic nitrogens is 5. The molecular formula is C19H15ClFN5O2. The number of aromatic amines is 1. The molecule has 4 aromatic rings. The Balaban J connectivity index is 2.02. The molecule has 1 aromatic carbocycles. The third kappa shape index (κ3) is 3.11. The highest BCUT2D eigenvalue weighted by Crippen LogP contribution is 2.24. The highest BCUT2D eigenvalue weighted by Gasteiger charge is 2.19. The smallest absolute Gasteiger partial charge is 0.314 e. The van der Waals surface area contributed by atoms with E-state index in [0.717, 1.165) is 5.56 Å². The van der Waals surface area contributed by atoms with Crippen molar-refractivity contribution >= 4 is 22.8 Å². The summed E-state index contributed by atoms with van der Waals surface area (Å²) in [6, 6.07) is 9.33. The van der Waals surface area contributed by atoms with Crippen molar-refractivity contribution in [3.8, 4) is 11.4 Å². The van der Waals surface area contributed by atoms with Gasteiger partial charge in [0.25, 0.3) is 5.56 Å². The van der Waals surface area contributed by atoms with E-state index in [9.17, 15) is 14.0 Å². The fourth-order valence-corrected chi connectivity index (χ4v) is 3.23. The van der Waals surface area contributed by atoms with Crippen LogP contribution >= 0.6 is 11.6 Å². The summed E-state index contributed by atoms with van der Waals surface area (Å²) in [5.74, 6) is 0.112. The zero-order valence-electron chi connectivity index (χ0n) is 14.8. The minimum Gasteiger partial charge on any atom is -0.314 e. The number of benzene rings is 1. The van der Waals surface area contributed by atoms with E-state index in [4.69, 9.17) is 11.6 Å². The summed E-state index contributed by atoms with van der Waals surface area (Å²) in [4.78, 5) is 35.8. The lowest BCUT2D eigenvalue weighted by Gasteiger charge is -2.09. The highest BCUT2D eigenvalue weighted by molar-refractivity contribution is 6.29. The van der Waals surface area contributed by atoms with Crippen LogP contribution in [-0.4, -0.2) is 24.1 Å². The number of nitrogens with one attached hydrogen (secondary N) is 1. The summed E-state index contributed by atoms with van der Waals surface area (Å²) in [5.41, 5.74) is 0.897. The molecule has 0 amide bonds. The van der Waals surface area contributed by atoms with Crippen LogP contribution in [0.1, 0.15) is 12.5 Å². The third-order valence-corrected chi connectivity index (χ3v) is 4.66. The molecule has 0 saturated carbocycles. The summed E-state index contributed by atoms with van der Waals surface area (Å²) >= 11 is 5.88. The molecule has 0 aliphatic rings. The fourth-order valence-electron chi connectivity index (χ4n) is 3.12. The molecule has 3 heterocycles. The topological polar surface area (TPSA) is 85.6 Å². The quantitative estimate of drug-likeness (QED) is 0.535. The van der Waals surface area contributed by atoms with Gasteiger partial charge in [-0.1, -0.05) is 23.7 Å². The van der Waals surface area contributed by atoms with E-state index in [1.165, 1.54) is 16.7 Å². The van der Waals surface area contributed by atoms with Gasteiger partial charge in [-0.3, -0.25) is 14.3 Å². The molecule has 0 aliphatic heterocycles. The Bertz CT molecular complexity index is 1270. The molecule has 28 heavy (non-hydrogen) atoms. The van der Waals surface area contributed by atoms with E-state index in [2.05, 4.69) is 15.0 Å². The molecule has 142 valence electrons.